The van der Waals surface area contributed by atoms with E-state index in [1.54, 1.807) is 18.2 Å². The van der Waals surface area contributed by atoms with Crippen LogP contribution in [-0.4, -0.2) is 17.8 Å². The molecular formula is C31H26N2O3. The summed E-state index contributed by atoms with van der Waals surface area (Å²) in [5, 5.41) is 4.27. The van der Waals surface area contributed by atoms with Crippen molar-refractivity contribution >= 4 is 40.4 Å². The summed E-state index contributed by atoms with van der Waals surface area (Å²) in [7, 11) is 0. The maximum atomic E-state index is 13.5. The van der Waals surface area contributed by atoms with Crippen LogP contribution in [0.25, 0.3) is 16.8 Å². The minimum atomic E-state index is -0.751. The number of hydrogen-bond acceptors (Lipinski definition) is 3. The van der Waals surface area contributed by atoms with Gasteiger partial charge in [0.15, 0.2) is 0 Å². The fourth-order valence-electron chi connectivity index (χ4n) is 4.79. The maximum Gasteiger partial charge on any atom is 0.335 e. The monoisotopic (exact) mass is 474 g/mol. The number of nitrogens with one attached hydrogen (secondary N) is 1. The number of carbonyl (C=O) groups is 3. The van der Waals surface area contributed by atoms with Gasteiger partial charge in [0.2, 0.25) is 0 Å². The van der Waals surface area contributed by atoms with Gasteiger partial charge in [-0.25, -0.2) is 9.69 Å². The van der Waals surface area contributed by atoms with Crippen LogP contribution < -0.4 is 10.2 Å². The summed E-state index contributed by atoms with van der Waals surface area (Å²) in [6.07, 6.45) is 2.27. The molecule has 4 amide bonds. The zero-order chi connectivity index (χ0) is 25.4. The summed E-state index contributed by atoms with van der Waals surface area (Å²) in [5.74, 6) is -1.34. The molecule has 1 heterocycles. The number of aryl methyl sites for hydroxylation is 3. The smallest absolute Gasteiger partial charge is 0.273 e. The van der Waals surface area contributed by atoms with E-state index < -0.39 is 17.8 Å². The lowest BCUT2D eigenvalue weighted by Crippen LogP contribution is -2.54. The van der Waals surface area contributed by atoms with Crippen molar-refractivity contribution in [1.29, 1.82) is 0 Å². The maximum absolute atomic E-state index is 13.5. The van der Waals surface area contributed by atoms with Crippen molar-refractivity contribution < 1.29 is 14.4 Å². The highest BCUT2D eigenvalue weighted by Crippen LogP contribution is 2.29. The van der Waals surface area contributed by atoms with Crippen LogP contribution in [0.3, 0.4) is 0 Å². The highest BCUT2D eigenvalue weighted by atomic mass is 16.2. The minimum Gasteiger partial charge on any atom is -0.273 e. The average molecular weight is 475 g/mol. The van der Waals surface area contributed by atoms with Crippen molar-refractivity contribution in [3.63, 3.8) is 0 Å². The fraction of sp³-hybridized carbons (Fsp3) is 0.129. The Hall–Kier alpha value is -4.51. The molecular weight excluding hydrogens is 448 g/mol. The minimum absolute atomic E-state index is 0.0757. The molecule has 5 rings (SSSR count). The number of imide groups is 2. The predicted molar refractivity (Wildman–Crippen MR) is 143 cm³/mol. The molecule has 0 atom stereocenters. The molecule has 1 aliphatic heterocycles. The van der Waals surface area contributed by atoms with Crippen LogP contribution in [0.4, 0.5) is 10.5 Å². The van der Waals surface area contributed by atoms with Crippen LogP contribution in [0.5, 0.6) is 0 Å². The third-order valence-electron chi connectivity index (χ3n) is 6.42. The summed E-state index contributed by atoms with van der Waals surface area (Å²) >= 11 is 0. The van der Waals surface area contributed by atoms with E-state index in [2.05, 4.69) is 43.4 Å². The quantitative estimate of drug-likeness (QED) is 0.290. The normalized spacial score (nSPS) is 15.0. The SMILES string of the molecule is Cc1ccc(N2C(=O)NC(=O)/C(=C\c3c(Cc4cc(C)cc(C)c4)ccc4ccccc34)C2=O)cc1. The number of rotatable bonds is 4. The summed E-state index contributed by atoms with van der Waals surface area (Å²) in [6.45, 7) is 6.07. The van der Waals surface area contributed by atoms with Gasteiger partial charge in [0.1, 0.15) is 5.57 Å². The van der Waals surface area contributed by atoms with E-state index in [4.69, 9.17) is 0 Å². The molecule has 1 aliphatic rings. The molecule has 178 valence electrons. The highest BCUT2D eigenvalue weighted by Gasteiger charge is 2.37. The van der Waals surface area contributed by atoms with Crippen LogP contribution in [0, 0.1) is 20.8 Å². The number of urea groups is 1. The van der Waals surface area contributed by atoms with Crippen molar-refractivity contribution in [1.82, 2.24) is 5.32 Å². The Labute approximate surface area is 210 Å². The van der Waals surface area contributed by atoms with Crippen molar-refractivity contribution in [3.8, 4) is 0 Å². The largest absolute Gasteiger partial charge is 0.335 e. The molecule has 0 unspecified atom stereocenters. The molecule has 5 heteroatoms. The van der Waals surface area contributed by atoms with E-state index >= 15 is 0 Å². The number of carbonyl (C=O) groups excluding carboxylic acids is 3. The lowest BCUT2D eigenvalue weighted by Gasteiger charge is -2.26. The molecule has 0 spiro atoms. The van der Waals surface area contributed by atoms with Crippen LogP contribution in [-0.2, 0) is 16.0 Å². The van der Waals surface area contributed by atoms with Crippen molar-refractivity contribution in [2.45, 2.75) is 27.2 Å². The van der Waals surface area contributed by atoms with Crippen molar-refractivity contribution in [3.05, 3.63) is 118 Å². The Morgan fingerprint density at radius 1 is 0.778 bits per heavy atom. The van der Waals surface area contributed by atoms with Gasteiger partial charge in [-0.15, -0.1) is 0 Å². The molecule has 0 bridgehead atoms. The molecule has 0 aromatic heterocycles. The average Bonchev–Trinajstić information content (AvgIpc) is 2.83. The van der Waals surface area contributed by atoms with Crippen LogP contribution >= 0.6 is 0 Å². The van der Waals surface area contributed by atoms with Crippen molar-refractivity contribution in [2.24, 2.45) is 0 Å². The lowest BCUT2D eigenvalue weighted by molar-refractivity contribution is -0.122. The Morgan fingerprint density at radius 3 is 2.19 bits per heavy atom. The van der Waals surface area contributed by atoms with Gasteiger partial charge in [0, 0.05) is 0 Å². The number of fused-ring (bicyclic) bond motifs is 1. The molecule has 0 aliphatic carbocycles. The first-order valence-corrected chi connectivity index (χ1v) is 11.9. The van der Waals surface area contributed by atoms with Gasteiger partial charge in [-0.1, -0.05) is 83.4 Å². The molecule has 4 aromatic carbocycles. The second-order valence-corrected chi connectivity index (χ2v) is 9.33. The molecule has 0 saturated carbocycles. The van der Waals surface area contributed by atoms with E-state index in [9.17, 15) is 14.4 Å². The first-order valence-electron chi connectivity index (χ1n) is 11.9. The van der Waals surface area contributed by atoms with E-state index in [0.29, 0.717) is 12.1 Å². The second-order valence-electron chi connectivity index (χ2n) is 9.33. The molecule has 5 nitrogen and oxygen atoms in total. The van der Waals surface area contributed by atoms with E-state index in [-0.39, 0.29) is 5.57 Å². The van der Waals surface area contributed by atoms with Gasteiger partial charge in [0.05, 0.1) is 5.69 Å². The predicted octanol–water partition coefficient (Wildman–Crippen LogP) is 6.02. The second kappa shape index (κ2) is 9.27. The van der Waals surface area contributed by atoms with Gasteiger partial charge in [0.25, 0.3) is 11.8 Å². The molecule has 0 radical (unpaired) electrons. The van der Waals surface area contributed by atoms with Crippen LogP contribution in [0.15, 0.2) is 84.4 Å². The van der Waals surface area contributed by atoms with E-state index in [1.165, 1.54) is 11.1 Å². The van der Waals surface area contributed by atoms with Crippen molar-refractivity contribution in [2.75, 3.05) is 4.90 Å². The molecule has 36 heavy (non-hydrogen) atoms. The number of amides is 4. The first-order chi connectivity index (χ1) is 17.3. The number of benzene rings is 4. The number of hydrogen-bond donors (Lipinski definition) is 1. The summed E-state index contributed by atoms with van der Waals surface area (Å²) < 4.78 is 0. The Kier molecular flexibility index (Phi) is 5.98. The number of barbiturate groups is 1. The zero-order valence-electron chi connectivity index (χ0n) is 20.5. The van der Waals surface area contributed by atoms with Gasteiger partial charge in [-0.3, -0.25) is 14.9 Å². The molecule has 1 fully saturated rings. The Bertz CT molecular complexity index is 1540. The zero-order valence-corrected chi connectivity index (χ0v) is 20.5. The third-order valence-corrected chi connectivity index (χ3v) is 6.42. The van der Waals surface area contributed by atoms with Gasteiger partial charge in [-0.05, 0) is 72.9 Å². The lowest BCUT2D eigenvalue weighted by atomic mass is 9.91. The summed E-state index contributed by atoms with van der Waals surface area (Å²) in [6, 6.07) is 24.7. The van der Waals surface area contributed by atoms with Crippen LogP contribution in [0.2, 0.25) is 0 Å². The van der Waals surface area contributed by atoms with Crippen LogP contribution in [0.1, 0.15) is 33.4 Å². The molecule has 1 N–H and O–H groups in total. The van der Waals surface area contributed by atoms with E-state index in [1.807, 2.05) is 49.4 Å². The van der Waals surface area contributed by atoms with Gasteiger partial charge < -0.3 is 0 Å². The van der Waals surface area contributed by atoms with Gasteiger partial charge >= 0.3 is 6.03 Å². The summed E-state index contributed by atoms with van der Waals surface area (Å²) in [4.78, 5) is 40.0. The van der Waals surface area contributed by atoms with Gasteiger partial charge in [-0.2, -0.15) is 0 Å². The topological polar surface area (TPSA) is 66.5 Å². The van der Waals surface area contributed by atoms with E-state index in [0.717, 1.165) is 37.9 Å². The number of anilines is 1. The fourth-order valence-corrected chi connectivity index (χ4v) is 4.79. The highest BCUT2D eigenvalue weighted by molar-refractivity contribution is 6.39. The Morgan fingerprint density at radius 2 is 1.47 bits per heavy atom. The standard InChI is InChI=1S/C31H26N2O3/c1-19-8-12-25(13-9-19)33-30(35)28(29(34)32-31(33)36)18-27-24(11-10-23-6-4-5-7-26(23)27)17-22-15-20(2)14-21(3)16-22/h4-16,18H,17H2,1-3H3,(H,32,34,36)/b28-18+. The summed E-state index contributed by atoms with van der Waals surface area (Å²) in [5.41, 5.74) is 6.64. The molecule has 1 saturated heterocycles. The number of nitrogens with zero attached hydrogens (tertiary/aromatic N) is 1. The molecule has 4 aromatic rings. The Balaban J connectivity index is 1.64. The first kappa shape index (κ1) is 23.2. The third kappa shape index (κ3) is 4.43.